The van der Waals surface area contributed by atoms with E-state index in [1.807, 2.05) is 16.7 Å². The van der Waals surface area contributed by atoms with E-state index in [1.54, 1.807) is 12.1 Å². The molecule has 3 rings (SSSR count). The highest BCUT2D eigenvalue weighted by Crippen LogP contribution is 2.30. The molecule has 1 aromatic heterocycles. The second-order valence-electron chi connectivity index (χ2n) is 4.35. The maximum Gasteiger partial charge on any atom is 0.144 e. The molecule has 0 saturated heterocycles. The van der Waals surface area contributed by atoms with Gasteiger partial charge in [0, 0.05) is 14.7 Å². The molecule has 1 heterocycles. The summed E-state index contributed by atoms with van der Waals surface area (Å²) < 4.78 is 16.4. The van der Waals surface area contributed by atoms with Gasteiger partial charge in [-0.15, -0.1) is 11.6 Å². The van der Waals surface area contributed by atoms with Crippen molar-refractivity contribution in [1.29, 1.82) is 0 Å². The lowest BCUT2D eigenvalue weighted by molar-refractivity contribution is 0.630. The van der Waals surface area contributed by atoms with Crippen molar-refractivity contribution in [2.45, 2.75) is 5.88 Å². The van der Waals surface area contributed by atoms with E-state index in [0.717, 1.165) is 9.26 Å². The van der Waals surface area contributed by atoms with Gasteiger partial charge in [0.05, 0.1) is 27.6 Å². The first-order valence-electron chi connectivity index (χ1n) is 5.89. The Morgan fingerprint density at radius 1 is 1.19 bits per heavy atom. The third-order valence-corrected chi connectivity index (χ3v) is 4.66. The van der Waals surface area contributed by atoms with Crippen LogP contribution in [0.25, 0.3) is 16.7 Å². The Labute approximate surface area is 149 Å². The van der Waals surface area contributed by atoms with Gasteiger partial charge in [0.25, 0.3) is 0 Å². The molecule has 0 saturated carbocycles. The number of nitrogens with zero attached hydrogens (tertiary/aromatic N) is 2. The number of fused-ring (bicyclic) bond motifs is 1. The van der Waals surface area contributed by atoms with E-state index in [2.05, 4.69) is 27.6 Å². The van der Waals surface area contributed by atoms with Crippen molar-refractivity contribution in [3.8, 4) is 5.69 Å². The van der Waals surface area contributed by atoms with Crippen molar-refractivity contribution >= 4 is 68.4 Å². The summed E-state index contributed by atoms with van der Waals surface area (Å²) in [5.74, 6) is 0.321. The van der Waals surface area contributed by atoms with E-state index in [0.29, 0.717) is 21.9 Å². The van der Waals surface area contributed by atoms with E-state index < -0.39 is 5.82 Å². The van der Waals surface area contributed by atoms with Crippen molar-refractivity contribution in [2.75, 3.05) is 0 Å². The Morgan fingerprint density at radius 3 is 2.62 bits per heavy atom. The molecule has 7 heteroatoms. The van der Waals surface area contributed by atoms with Crippen LogP contribution in [-0.4, -0.2) is 9.55 Å². The molecule has 2 nitrogen and oxygen atoms in total. The SMILES string of the molecule is Fc1cc2nc(CCl)n(-c3ccc(Cl)cc3I)c2cc1Cl. The van der Waals surface area contributed by atoms with E-state index in [9.17, 15) is 4.39 Å². The van der Waals surface area contributed by atoms with Gasteiger partial charge in [0.2, 0.25) is 0 Å². The van der Waals surface area contributed by atoms with E-state index in [-0.39, 0.29) is 10.9 Å². The highest BCUT2D eigenvalue weighted by molar-refractivity contribution is 14.1. The maximum atomic E-state index is 13.6. The van der Waals surface area contributed by atoms with Crippen LogP contribution in [0.15, 0.2) is 30.3 Å². The number of hydrogen-bond acceptors (Lipinski definition) is 1. The van der Waals surface area contributed by atoms with Crippen molar-refractivity contribution in [3.05, 3.63) is 55.6 Å². The minimum Gasteiger partial charge on any atom is -0.294 e. The van der Waals surface area contributed by atoms with Crippen LogP contribution in [0, 0.1) is 9.39 Å². The lowest BCUT2D eigenvalue weighted by atomic mass is 10.2. The molecule has 2 aromatic carbocycles. The zero-order valence-electron chi connectivity index (χ0n) is 10.4. The summed E-state index contributed by atoms with van der Waals surface area (Å²) in [6.07, 6.45) is 0. The minimum atomic E-state index is -0.499. The summed E-state index contributed by atoms with van der Waals surface area (Å²) in [5.41, 5.74) is 2.09. The first kappa shape index (κ1) is 15.3. The fraction of sp³-hybridized carbons (Fsp3) is 0.0714. The molecule has 0 atom stereocenters. The predicted octanol–water partition coefficient (Wildman–Crippen LogP) is 5.81. The summed E-state index contributed by atoms with van der Waals surface area (Å²) in [6.45, 7) is 0. The largest absolute Gasteiger partial charge is 0.294 e. The first-order valence-corrected chi connectivity index (χ1v) is 8.26. The Balaban J connectivity index is 2.37. The molecule has 0 aliphatic heterocycles. The van der Waals surface area contributed by atoms with Gasteiger partial charge in [-0.05, 0) is 46.9 Å². The second kappa shape index (κ2) is 5.91. The monoisotopic (exact) mass is 454 g/mol. The van der Waals surface area contributed by atoms with Crippen molar-refractivity contribution in [2.24, 2.45) is 0 Å². The van der Waals surface area contributed by atoms with Gasteiger partial charge in [-0.2, -0.15) is 0 Å². The Morgan fingerprint density at radius 2 is 1.95 bits per heavy atom. The average Bonchev–Trinajstić information content (AvgIpc) is 2.77. The van der Waals surface area contributed by atoms with E-state index in [4.69, 9.17) is 34.8 Å². The third-order valence-electron chi connectivity index (χ3n) is 3.04. The standard InChI is InChI=1S/C14H7Cl3FIN2/c15-6-14-20-11-5-9(18)8(17)4-13(11)21(14)12-2-1-7(16)3-10(12)19/h1-5H,6H2. The smallest absolute Gasteiger partial charge is 0.144 e. The fourth-order valence-corrected chi connectivity index (χ4v) is 3.59. The zero-order chi connectivity index (χ0) is 15.1. The highest BCUT2D eigenvalue weighted by Gasteiger charge is 2.16. The number of rotatable bonds is 2. The number of alkyl halides is 1. The molecular formula is C14H7Cl3FIN2. The van der Waals surface area contributed by atoms with Crippen molar-refractivity contribution < 1.29 is 4.39 Å². The summed E-state index contributed by atoms with van der Waals surface area (Å²) in [6, 6.07) is 8.37. The van der Waals surface area contributed by atoms with Gasteiger partial charge in [-0.1, -0.05) is 23.2 Å². The zero-order valence-corrected chi connectivity index (χ0v) is 14.8. The van der Waals surface area contributed by atoms with Gasteiger partial charge in [0.1, 0.15) is 11.6 Å². The molecule has 0 aliphatic rings. The molecule has 0 aliphatic carbocycles. The molecule has 0 amide bonds. The van der Waals surface area contributed by atoms with Crippen LogP contribution in [0.4, 0.5) is 4.39 Å². The summed E-state index contributed by atoms with van der Waals surface area (Å²) in [7, 11) is 0. The third kappa shape index (κ3) is 2.74. The molecule has 3 aromatic rings. The molecule has 0 radical (unpaired) electrons. The summed E-state index contributed by atoms with van der Waals surface area (Å²) in [4.78, 5) is 4.37. The van der Waals surface area contributed by atoms with Crippen molar-refractivity contribution in [3.63, 3.8) is 0 Å². The summed E-state index contributed by atoms with van der Waals surface area (Å²) in [5, 5.41) is 0.692. The first-order chi connectivity index (χ1) is 10.0. The van der Waals surface area contributed by atoms with Crippen LogP contribution in [-0.2, 0) is 5.88 Å². The number of aromatic nitrogens is 2. The normalized spacial score (nSPS) is 11.3. The molecule has 0 fully saturated rings. The molecule has 0 bridgehead atoms. The lowest BCUT2D eigenvalue weighted by Gasteiger charge is -2.10. The topological polar surface area (TPSA) is 17.8 Å². The molecule has 108 valence electrons. The molecule has 0 N–H and O–H groups in total. The Bertz CT molecular complexity index is 848. The second-order valence-corrected chi connectivity index (χ2v) is 6.62. The molecular weight excluding hydrogens is 448 g/mol. The van der Waals surface area contributed by atoms with Gasteiger partial charge in [-0.25, -0.2) is 9.37 Å². The summed E-state index contributed by atoms with van der Waals surface area (Å²) >= 11 is 20.0. The number of hydrogen-bond donors (Lipinski definition) is 0. The van der Waals surface area contributed by atoms with Gasteiger partial charge in [0.15, 0.2) is 0 Å². The molecule has 21 heavy (non-hydrogen) atoms. The Hall–Kier alpha value is -0.560. The van der Waals surface area contributed by atoms with Crippen LogP contribution in [0.3, 0.4) is 0 Å². The lowest BCUT2D eigenvalue weighted by Crippen LogP contribution is -2.01. The number of benzene rings is 2. The Kier molecular flexibility index (Phi) is 4.32. The average molecular weight is 455 g/mol. The van der Waals surface area contributed by atoms with E-state index in [1.165, 1.54) is 6.07 Å². The fourth-order valence-electron chi connectivity index (χ4n) is 2.14. The van der Waals surface area contributed by atoms with Gasteiger partial charge in [-0.3, -0.25) is 4.57 Å². The van der Waals surface area contributed by atoms with Crippen LogP contribution in [0.1, 0.15) is 5.82 Å². The highest BCUT2D eigenvalue weighted by atomic mass is 127. The van der Waals surface area contributed by atoms with Crippen molar-refractivity contribution in [1.82, 2.24) is 9.55 Å². The van der Waals surface area contributed by atoms with Crippen LogP contribution in [0.2, 0.25) is 10.0 Å². The molecule has 0 unspecified atom stereocenters. The molecule has 0 spiro atoms. The quantitative estimate of drug-likeness (QED) is 0.352. The van der Waals surface area contributed by atoms with Gasteiger partial charge >= 0.3 is 0 Å². The van der Waals surface area contributed by atoms with E-state index >= 15 is 0 Å². The van der Waals surface area contributed by atoms with Crippen LogP contribution < -0.4 is 0 Å². The van der Waals surface area contributed by atoms with Gasteiger partial charge < -0.3 is 0 Å². The predicted molar refractivity (Wildman–Crippen MR) is 93.3 cm³/mol. The maximum absolute atomic E-state index is 13.6. The number of halogens is 5. The van der Waals surface area contributed by atoms with Crippen LogP contribution in [0.5, 0.6) is 0 Å². The van der Waals surface area contributed by atoms with Crippen LogP contribution >= 0.6 is 57.4 Å². The number of imidazole rings is 1. The minimum absolute atomic E-state index is 0.0498.